The summed E-state index contributed by atoms with van der Waals surface area (Å²) in [5.41, 5.74) is 0.311. The van der Waals surface area contributed by atoms with Crippen molar-refractivity contribution in [2.24, 2.45) is 7.05 Å². The summed E-state index contributed by atoms with van der Waals surface area (Å²) in [6.45, 7) is 1.89. The molecule has 19 heavy (non-hydrogen) atoms. The summed E-state index contributed by atoms with van der Waals surface area (Å²) in [4.78, 5) is 24.3. The fourth-order valence-electron chi connectivity index (χ4n) is 1.64. The van der Waals surface area contributed by atoms with Crippen LogP contribution in [0.25, 0.3) is 0 Å². The third-order valence-electron chi connectivity index (χ3n) is 2.72. The molecule has 0 bridgehead atoms. The average Bonchev–Trinajstić information content (AvgIpc) is 2.79. The molecule has 0 aliphatic carbocycles. The van der Waals surface area contributed by atoms with Crippen LogP contribution in [0, 0.1) is 0 Å². The normalized spacial score (nSPS) is 12.2. The van der Waals surface area contributed by atoms with Crippen LogP contribution >= 0.6 is 22.9 Å². The summed E-state index contributed by atoms with van der Waals surface area (Å²) >= 11 is 7.30. The molecule has 2 aromatic heterocycles. The molecule has 0 aromatic carbocycles. The molecule has 2 aromatic rings. The van der Waals surface area contributed by atoms with E-state index in [1.807, 2.05) is 13.0 Å². The summed E-state index contributed by atoms with van der Waals surface area (Å²) in [6.07, 6.45) is 1.52. The Balaban J connectivity index is 2.12. The number of pyridine rings is 1. The van der Waals surface area contributed by atoms with E-state index in [0.29, 0.717) is 9.90 Å². The number of thiophene rings is 1. The van der Waals surface area contributed by atoms with Crippen LogP contribution in [0.5, 0.6) is 0 Å². The zero-order valence-electron chi connectivity index (χ0n) is 10.5. The van der Waals surface area contributed by atoms with E-state index < -0.39 is 0 Å². The van der Waals surface area contributed by atoms with Crippen molar-refractivity contribution in [3.8, 4) is 0 Å². The number of amides is 1. The van der Waals surface area contributed by atoms with Gasteiger partial charge in [0.2, 0.25) is 5.56 Å². The largest absolute Gasteiger partial charge is 0.345 e. The molecule has 1 atom stereocenters. The SMILES string of the molecule is CC(NC(=O)c1ccc(=O)n(C)c1)c1ccc(Cl)s1. The highest BCUT2D eigenvalue weighted by Gasteiger charge is 2.13. The molecule has 100 valence electrons. The number of halogens is 1. The molecule has 0 saturated carbocycles. The predicted molar refractivity (Wildman–Crippen MR) is 76.9 cm³/mol. The van der Waals surface area contributed by atoms with Gasteiger partial charge in [-0.05, 0) is 25.1 Å². The molecule has 0 spiro atoms. The molecule has 2 heterocycles. The van der Waals surface area contributed by atoms with E-state index in [2.05, 4.69) is 5.32 Å². The zero-order chi connectivity index (χ0) is 14.0. The van der Waals surface area contributed by atoms with E-state index in [4.69, 9.17) is 11.6 Å². The summed E-state index contributed by atoms with van der Waals surface area (Å²) in [7, 11) is 1.61. The summed E-state index contributed by atoms with van der Waals surface area (Å²) in [6, 6.07) is 6.46. The van der Waals surface area contributed by atoms with Crippen LogP contribution in [0.2, 0.25) is 4.34 Å². The van der Waals surface area contributed by atoms with E-state index in [0.717, 1.165) is 4.88 Å². The van der Waals surface area contributed by atoms with Crippen molar-refractivity contribution in [3.05, 3.63) is 55.6 Å². The Morgan fingerprint density at radius 1 is 1.37 bits per heavy atom. The lowest BCUT2D eigenvalue weighted by Gasteiger charge is -2.12. The lowest BCUT2D eigenvalue weighted by molar-refractivity contribution is 0.0939. The predicted octanol–water partition coefficient (Wildman–Crippen LogP) is 2.59. The van der Waals surface area contributed by atoms with Crippen molar-refractivity contribution < 1.29 is 4.79 Å². The molecule has 1 amide bonds. The molecule has 0 radical (unpaired) electrons. The average molecular weight is 297 g/mol. The van der Waals surface area contributed by atoms with Crippen LogP contribution in [0.4, 0.5) is 0 Å². The summed E-state index contributed by atoms with van der Waals surface area (Å²) in [5, 5.41) is 2.87. The minimum absolute atomic E-state index is 0.123. The topological polar surface area (TPSA) is 51.1 Å². The number of nitrogens with zero attached hydrogens (tertiary/aromatic N) is 1. The number of rotatable bonds is 3. The first-order chi connectivity index (χ1) is 8.97. The lowest BCUT2D eigenvalue weighted by atomic mass is 10.2. The number of aryl methyl sites for hydroxylation is 1. The van der Waals surface area contributed by atoms with Crippen LogP contribution in [0.3, 0.4) is 0 Å². The van der Waals surface area contributed by atoms with Crippen LogP contribution in [0.15, 0.2) is 35.3 Å². The van der Waals surface area contributed by atoms with E-state index in [9.17, 15) is 9.59 Å². The van der Waals surface area contributed by atoms with Gasteiger partial charge in [0.05, 0.1) is 15.9 Å². The van der Waals surface area contributed by atoms with Crippen molar-refractivity contribution in [2.75, 3.05) is 0 Å². The second kappa shape index (κ2) is 5.59. The molecule has 6 heteroatoms. The van der Waals surface area contributed by atoms with Gasteiger partial charge in [0, 0.05) is 24.2 Å². The first kappa shape index (κ1) is 13.8. The summed E-state index contributed by atoms with van der Waals surface area (Å²) < 4.78 is 2.07. The molecule has 0 aliphatic heterocycles. The van der Waals surface area contributed by atoms with Crippen molar-refractivity contribution in [1.82, 2.24) is 9.88 Å². The van der Waals surface area contributed by atoms with Crippen LogP contribution < -0.4 is 10.9 Å². The quantitative estimate of drug-likeness (QED) is 0.946. The highest BCUT2D eigenvalue weighted by Crippen LogP contribution is 2.26. The first-order valence-corrected chi connectivity index (χ1v) is 6.89. The Labute approximate surface area is 119 Å². The van der Waals surface area contributed by atoms with Gasteiger partial charge >= 0.3 is 0 Å². The molecular weight excluding hydrogens is 284 g/mol. The number of aromatic nitrogens is 1. The molecular formula is C13H13ClN2O2S. The van der Waals surface area contributed by atoms with E-state index in [1.165, 1.54) is 34.2 Å². The lowest BCUT2D eigenvalue weighted by Crippen LogP contribution is -2.27. The Hall–Kier alpha value is -1.59. The Morgan fingerprint density at radius 3 is 2.68 bits per heavy atom. The van der Waals surface area contributed by atoms with Gasteiger partial charge in [-0.3, -0.25) is 9.59 Å². The van der Waals surface area contributed by atoms with Crippen molar-refractivity contribution >= 4 is 28.8 Å². The van der Waals surface area contributed by atoms with Gasteiger partial charge in [-0.15, -0.1) is 11.3 Å². The third kappa shape index (κ3) is 3.24. The third-order valence-corrected chi connectivity index (χ3v) is 4.13. The Morgan fingerprint density at radius 2 is 2.11 bits per heavy atom. The highest BCUT2D eigenvalue weighted by atomic mass is 35.5. The number of hydrogen-bond acceptors (Lipinski definition) is 3. The molecule has 4 nitrogen and oxygen atoms in total. The van der Waals surface area contributed by atoms with Crippen molar-refractivity contribution in [1.29, 1.82) is 0 Å². The van der Waals surface area contributed by atoms with Crippen molar-refractivity contribution in [3.63, 3.8) is 0 Å². The standard InChI is InChI=1S/C13H13ClN2O2S/c1-8(10-4-5-11(14)19-10)15-13(18)9-3-6-12(17)16(2)7-9/h3-8H,1-2H3,(H,15,18). The number of carbonyl (C=O) groups is 1. The smallest absolute Gasteiger partial charge is 0.253 e. The van der Waals surface area contributed by atoms with Gasteiger partial charge in [-0.1, -0.05) is 11.6 Å². The fourth-order valence-corrected chi connectivity index (χ4v) is 2.70. The number of hydrogen-bond donors (Lipinski definition) is 1. The van der Waals surface area contributed by atoms with Gasteiger partial charge in [0.25, 0.3) is 5.91 Å². The van der Waals surface area contributed by atoms with Crippen molar-refractivity contribution in [2.45, 2.75) is 13.0 Å². The second-order valence-electron chi connectivity index (χ2n) is 4.20. The van der Waals surface area contributed by atoms with Gasteiger partial charge in [-0.2, -0.15) is 0 Å². The zero-order valence-corrected chi connectivity index (χ0v) is 12.1. The Bertz CT molecular complexity index is 663. The molecule has 2 rings (SSSR count). The number of nitrogens with one attached hydrogen (secondary N) is 1. The van der Waals surface area contributed by atoms with E-state index in [1.54, 1.807) is 13.1 Å². The van der Waals surface area contributed by atoms with Gasteiger partial charge in [-0.25, -0.2) is 0 Å². The van der Waals surface area contributed by atoms with Crippen LogP contribution in [0.1, 0.15) is 28.2 Å². The van der Waals surface area contributed by atoms with Gasteiger partial charge in [0.15, 0.2) is 0 Å². The fraction of sp³-hybridized carbons (Fsp3) is 0.231. The van der Waals surface area contributed by atoms with E-state index >= 15 is 0 Å². The monoisotopic (exact) mass is 296 g/mol. The minimum atomic E-state index is -0.215. The molecule has 0 fully saturated rings. The van der Waals surface area contributed by atoms with Crippen LogP contribution in [-0.4, -0.2) is 10.5 Å². The first-order valence-electron chi connectivity index (χ1n) is 5.70. The van der Waals surface area contributed by atoms with E-state index in [-0.39, 0.29) is 17.5 Å². The minimum Gasteiger partial charge on any atom is -0.345 e. The molecule has 1 unspecified atom stereocenters. The second-order valence-corrected chi connectivity index (χ2v) is 5.95. The number of carbonyl (C=O) groups excluding carboxylic acids is 1. The van der Waals surface area contributed by atoms with Crippen LogP contribution in [-0.2, 0) is 7.05 Å². The maximum atomic E-state index is 12.0. The Kier molecular flexibility index (Phi) is 4.07. The van der Waals surface area contributed by atoms with Gasteiger partial charge < -0.3 is 9.88 Å². The molecule has 0 aliphatic rings. The molecule has 1 N–H and O–H groups in total. The summed E-state index contributed by atoms with van der Waals surface area (Å²) in [5.74, 6) is -0.215. The maximum Gasteiger partial charge on any atom is 0.253 e. The maximum absolute atomic E-state index is 12.0. The van der Waals surface area contributed by atoms with Gasteiger partial charge in [0.1, 0.15) is 0 Å². The highest BCUT2D eigenvalue weighted by molar-refractivity contribution is 7.16. The molecule has 0 saturated heterocycles.